The number of aromatic nitrogens is 2. The molecular formula is C18H26N4O3. The van der Waals surface area contributed by atoms with Crippen molar-refractivity contribution < 1.29 is 14.7 Å². The predicted molar refractivity (Wildman–Crippen MR) is 91.7 cm³/mol. The molecule has 0 bridgehead atoms. The molecule has 1 saturated heterocycles. The molecule has 0 spiro atoms. The summed E-state index contributed by atoms with van der Waals surface area (Å²) < 4.78 is 0. The van der Waals surface area contributed by atoms with Crippen molar-refractivity contribution in [3.05, 3.63) is 24.3 Å². The lowest BCUT2D eigenvalue weighted by atomic mass is 9.85. The van der Waals surface area contributed by atoms with Gasteiger partial charge in [-0.05, 0) is 25.2 Å². The van der Waals surface area contributed by atoms with Crippen molar-refractivity contribution in [2.75, 3.05) is 26.2 Å². The van der Waals surface area contributed by atoms with E-state index in [4.69, 9.17) is 0 Å². The average Bonchev–Trinajstić information content (AvgIpc) is 2.94. The van der Waals surface area contributed by atoms with Gasteiger partial charge in [-0.25, -0.2) is 4.98 Å². The summed E-state index contributed by atoms with van der Waals surface area (Å²) in [6.07, 6.45) is 9.54. The molecule has 0 unspecified atom stereocenters. The largest absolute Gasteiger partial charge is 0.383 e. The Bertz CT molecular complexity index is 589. The van der Waals surface area contributed by atoms with Crippen molar-refractivity contribution in [1.82, 2.24) is 19.8 Å². The first-order valence-electron chi connectivity index (χ1n) is 9.19. The van der Waals surface area contributed by atoms with Crippen molar-refractivity contribution >= 4 is 11.8 Å². The summed E-state index contributed by atoms with van der Waals surface area (Å²) in [6.45, 7) is 2.07. The Morgan fingerprint density at radius 3 is 2.44 bits per heavy atom. The van der Waals surface area contributed by atoms with E-state index < -0.39 is 6.10 Å². The summed E-state index contributed by atoms with van der Waals surface area (Å²) >= 11 is 0. The number of carbonyl (C=O) groups excluding carboxylic acids is 2. The van der Waals surface area contributed by atoms with E-state index in [1.165, 1.54) is 25.0 Å². The summed E-state index contributed by atoms with van der Waals surface area (Å²) in [6, 6.07) is 0. The number of hydrogen-bond acceptors (Lipinski definition) is 5. The fraction of sp³-hybridized carbons (Fsp3) is 0.667. The van der Waals surface area contributed by atoms with Gasteiger partial charge >= 0.3 is 0 Å². The molecule has 2 aliphatic rings. The number of nitrogens with zero attached hydrogens (tertiary/aromatic N) is 4. The van der Waals surface area contributed by atoms with Crippen molar-refractivity contribution in [2.45, 2.75) is 44.6 Å². The minimum absolute atomic E-state index is 0.0850. The Hall–Kier alpha value is -2.02. The monoisotopic (exact) mass is 346 g/mol. The van der Waals surface area contributed by atoms with Crippen molar-refractivity contribution in [3.63, 3.8) is 0 Å². The highest BCUT2D eigenvalue weighted by atomic mass is 16.3. The molecule has 2 fully saturated rings. The standard InChI is InChI=1S/C18H26N4O3/c23-16(14-5-2-1-3-6-14)18(25)22-10-4-9-21(11-12-22)17(24)15-13-19-7-8-20-15/h7-8,13-14,16,23H,1-6,9-12H2/t16-/m1/s1. The fourth-order valence-corrected chi connectivity index (χ4v) is 3.75. The average molecular weight is 346 g/mol. The van der Waals surface area contributed by atoms with Crippen LogP contribution in [0.5, 0.6) is 0 Å². The third kappa shape index (κ3) is 4.34. The van der Waals surface area contributed by atoms with Gasteiger partial charge in [0.1, 0.15) is 11.8 Å². The summed E-state index contributed by atoms with van der Waals surface area (Å²) in [5.41, 5.74) is 0.324. The molecule has 7 heteroatoms. The minimum Gasteiger partial charge on any atom is -0.383 e. The van der Waals surface area contributed by atoms with Gasteiger partial charge in [0.2, 0.25) is 0 Å². The summed E-state index contributed by atoms with van der Waals surface area (Å²) in [7, 11) is 0. The number of carbonyl (C=O) groups is 2. The quantitative estimate of drug-likeness (QED) is 0.885. The van der Waals surface area contributed by atoms with Crippen LogP contribution in [-0.2, 0) is 4.79 Å². The smallest absolute Gasteiger partial charge is 0.274 e. The van der Waals surface area contributed by atoms with Crippen LogP contribution in [0.25, 0.3) is 0 Å². The molecule has 1 aromatic heterocycles. The van der Waals surface area contributed by atoms with E-state index in [0.717, 1.165) is 25.7 Å². The van der Waals surface area contributed by atoms with Crippen LogP contribution in [0.3, 0.4) is 0 Å². The van der Waals surface area contributed by atoms with Gasteiger partial charge in [-0.2, -0.15) is 0 Å². The fourth-order valence-electron chi connectivity index (χ4n) is 3.75. The third-order valence-corrected chi connectivity index (χ3v) is 5.23. The molecular weight excluding hydrogens is 320 g/mol. The van der Waals surface area contributed by atoms with Crippen LogP contribution >= 0.6 is 0 Å². The number of aliphatic hydroxyl groups is 1. The molecule has 1 N–H and O–H groups in total. The van der Waals surface area contributed by atoms with Gasteiger partial charge < -0.3 is 14.9 Å². The summed E-state index contributed by atoms with van der Waals surface area (Å²) in [4.78, 5) is 36.5. The van der Waals surface area contributed by atoms with Crippen LogP contribution in [-0.4, -0.2) is 69.0 Å². The molecule has 1 atom stereocenters. The van der Waals surface area contributed by atoms with E-state index in [-0.39, 0.29) is 17.7 Å². The Morgan fingerprint density at radius 1 is 1.00 bits per heavy atom. The summed E-state index contributed by atoms with van der Waals surface area (Å²) in [5, 5.41) is 10.4. The molecule has 136 valence electrons. The summed E-state index contributed by atoms with van der Waals surface area (Å²) in [5.74, 6) is -0.252. The molecule has 1 saturated carbocycles. The van der Waals surface area contributed by atoms with E-state index in [2.05, 4.69) is 9.97 Å². The van der Waals surface area contributed by atoms with Crippen molar-refractivity contribution in [2.24, 2.45) is 5.92 Å². The third-order valence-electron chi connectivity index (χ3n) is 5.23. The first kappa shape index (κ1) is 17.8. The highest BCUT2D eigenvalue weighted by Gasteiger charge is 2.32. The van der Waals surface area contributed by atoms with Crippen LogP contribution in [0.4, 0.5) is 0 Å². The van der Waals surface area contributed by atoms with Gasteiger partial charge in [0.25, 0.3) is 11.8 Å². The molecule has 25 heavy (non-hydrogen) atoms. The van der Waals surface area contributed by atoms with Crippen LogP contribution in [0.15, 0.2) is 18.6 Å². The molecule has 2 heterocycles. The zero-order valence-corrected chi connectivity index (χ0v) is 14.5. The van der Waals surface area contributed by atoms with E-state index in [9.17, 15) is 14.7 Å². The Kier molecular flexibility index (Phi) is 5.96. The van der Waals surface area contributed by atoms with Gasteiger partial charge in [-0.3, -0.25) is 14.6 Å². The maximum Gasteiger partial charge on any atom is 0.274 e. The molecule has 1 aromatic rings. The highest BCUT2D eigenvalue weighted by Crippen LogP contribution is 2.27. The van der Waals surface area contributed by atoms with E-state index in [1.807, 2.05) is 0 Å². The lowest BCUT2D eigenvalue weighted by molar-refractivity contribution is -0.143. The van der Waals surface area contributed by atoms with E-state index in [0.29, 0.717) is 38.3 Å². The van der Waals surface area contributed by atoms with Crippen LogP contribution in [0, 0.1) is 5.92 Å². The van der Waals surface area contributed by atoms with Gasteiger partial charge in [-0.1, -0.05) is 19.3 Å². The van der Waals surface area contributed by atoms with Crippen LogP contribution in [0.1, 0.15) is 49.0 Å². The second-order valence-corrected chi connectivity index (χ2v) is 6.90. The normalized spacial score (nSPS) is 20.8. The van der Waals surface area contributed by atoms with Crippen LogP contribution in [0.2, 0.25) is 0 Å². The number of amides is 2. The minimum atomic E-state index is -0.900. The van der Waals surface area contributed by atoms with Gasteiger partial charge in [0.15, 0.2) is 0 Å². The molecule has 0 aromatic carbocycles. The zero-order valence-electron chi connectivity index (χ0n) is 14.5. The van der Waals surface area contributed by atoms with Crippen molar-refractivity contribution in [1.29, 1.82) is 0 Å². The van der Waals surface area contributed by atoms with Gasteiger partial charge in [0, 0.05) is 38.6 Å². The molecule has 2 amide bonds. The number of rotatable bonds is 3. The molecule has 1 aliphatic carbocycles. The Balaban J connectivity index is 1.57. The SMILES string of the molecule is O=C(c1cnccn1)N1CCCN(C(=O)[C@H](O)C2CCCCC2)CC1. The first-order valence-corrected chi connectivity index (χ1v) is 9.19. The maximum atomic E-state index is 12.6. The lowest BCUT2D eigenvalue weighted by Crippen LogP contribution is -2.45. The van der Waals surface area contributed by atoms with E-state index in [1.54, 1.807) is 9.80 Å². The van der Waals surface area contributed by atoms with E-state index >= 15 is 0 Å². The predicted octanol–water partition coefficient (Wildman–Crippen LogP) is 1.09. The number of aliphatic hydroxyl groups excluding tert-OH is 1. The lowest BCUT2D eigenvalue weighted by Gasteiger charge is -2.30. The number of hydrogen-bond donors (Lipinski definition) is 1. The topological polar surface area (TPSA) is 86.6 Å². The molecule has 1 aliphatic heterocycles. The molecule has 0 radical (unpaired) electrons. The zero-order chi connectivity index (χ0) is 17.6. The van der Waals surface area contributed by atoms with Gasteiger partial charge in [-0.15, -0.1) is 0 Å². The second-order valence-electron chi connectivity index (χ2n) is 6.90. The first-order chi connectivity index (χ1) is 12.2. The molecule has 7 nitrogen and oxygen atoms in total. The van der Waals surface area contributed by atoms with Gasteiger partial charge in [0.05, 0.1) is 6.20 Å². The second kappa shape index (κ2) is 8.38. The van der Waals surface area contributed by atoms with Crippen molar-refractivity contribution in [3.8, 4) is 0 Å². The highest BCUT2D eigenvalue weighted by molar-refractivity contribution is 5.92. The Morgan fingerprint density at radius 2 is 1.72 bits per heavy atom. The molecule has 3 rings (SSSR count). The Labute approximate surface area is 148 Å². The maximum absolute atomic E-state index is 12.6. The van der Waals surface area contributed by atoms with Crippen LogP contribution < -0.4 is 0 Å².